The SMILES string of the molecule is CC(C)(C)c1nc(-c2ccc(F)cc2)c(-c2ccnc(Nc3cccc(F)c3)n2)[nH]1. The summed E-state index contributed by atoms with van der Waals surface area (Å²) in [7, 11) is 0. The highest BCUT2D eigenvalue weighted by atomic mass is 19.1. The van der Waals surface area contributed by atoms with Gasteiger partial charge in [0, 0.05) is 22.9 Å². The second kappa shape index (κ2) is 7.67. The van der Waals surface area contributed by atoms with E-state index < -0.39 is 0 Å². The Balaban J connectivity index is 1.77. The number of hydrogen-bond acceptors (Lipinski definition) is 4. The van der Waals surface area contributed by atoms with Gasteiger partial charge in [-0.2, -0.15) is 0 Å². The first-order valence-corrected chi connectivity index (χ1v) is 9.52. The van der Waals surface area contributed by atoms with Crippen molar-refractivity contribution in [2.24, 2.45) is 0 Å². The second-order valence-electron chi connectivity index (χ2n) is 7.97. The predicted octanol–water partition coefficient (Wildman–Crippen LogP) is 5.85. The number of rotatable bonds is 4. The molecule has 2 aromatic heterocycles. The summed E-state index contributed by atoms with van der Waals surface area (Å²) in [5, 5.41) is 3.01. The molecule has 2 N–H and O–H groups in total. The Labute approximate surface area is 173 Å². The van der Waals surface area contributed by atoms with Crippen LogP contribution in [0, 0.1) is 11.6 Å². The molecule has 0 fully saturated rings. The zero-order valence-electron chi connectivity index (χ0n) is 16.9. The monoisotopic (exact) mass is 405 g/mol. The van der Waals surface area contributed by atoms with Gasteiger partial charge in [-0.1, -0.05) is 26.8 Å². The van der Waals surface area contributed by atoms with Crippen molar-refractivity contribution >= 4 is 11.6 Å². The van der Waals surface area contributed by atoms with Gasteiger partial charge in [-0.15, -0.1) is 0 Å². The summed E-state index contributed by atoms with van der Waals surface area (Å²) >= 11 is 0. The van der Waals surface area contributed by atoms with Gasteiger partial charge in [-0.3, -0.25) is 0 Å². The van der Waals surface area contributed by atoms with E-state index in [1.165, 1.54) is 24.3 Å². The van der Waals surface area contributed by atoms with Crippen LogP contribution in [-0.4, -0.2) is 19.9 Å². The molecule has 0 spiro atoms. The highest BCUT2D eigenvalue weighted by Gasteiger charge is 2.23. The van der Waals surface area contributed by atoms with Crippen molar-refractivity contribution in [3.63, 3.8) is 0 Å². The number of nitrogens with one attached hydrogen (secondary N) is 2. The van der Waals surface area contributed by atoms with Crippen LogP contribution in [0.1, 0.15) is 26.6 Å². The summed E-state index contributed by atoms with van der Waals surface area (Å²) in [6, 6.07) is 14.0. The number of hydrogen-bond donors (Lipinski definition) is 2. The third-order valence-electron chi connectivity index (χ3n) is 4.52. The number of halogens is 2. The molecule has 5 nitrogen and oxygen atoms in total. The summed E-state index contributed by atoms with van der Waals surface area (Å²) in [5.41, 5.74) is 3.10. The minimum Gasteiger partial charge on any atom is -0.340 e. The lowest BCUT2D eigenvalue weighted by atomic mass is 9.96. The molecule has 0 atom stereocenters. The molecule has 0 bridgehead atoms. The maximum atomic E-state index is 13.5. The maximum Gasteiger partial charge on any atom is 0.227 e. The van der Waals surface area contributed by atoms with Gasteiger partial charge in [-0.25, -0.2) is 23.7 Å². The number of benzene rings is 2. The Morgan fingerprint density at radius 3 is 2.37 bits per heavy atom. The normalized spacial score (nSPS) is 11.5. The molecular weight excluding hydrogens is 384 g/mol. The fraction of sp³-hybridized carbons (Fsp3) is 0.174. The van der Waals surface area contributed by atoms with Crippen molar-refractivity contribution in [2.45, 2.75) is 26.2 Å². The average molecular weight is 405 g/mol. The van der Waals surface area contributed by atoms with Crippen molar-refractivity contribution in [1.29, 1.82) is 0 Å². The van der Waals surface area contributed by atoms with Crippen molar-refractivity contribution in [3.05, 3.63) is 78.3 Å². The van der Waals surface area contributed by atoms with Crippen LogP contribution >= 0.6 is 0 Å². The molecule has 0 aliphatic carbocycles. The van der Waals surface area contributed by atoms with E-state index in [2.05, 4.69) is 41.0 Å². The molecule has 0 unspecified atom stereocenters. The second-order valence-corrected chi connectivity index (χ2v) is 7.97. The van der Waals surface area contributed by atoms with Gasteiger partial charge >= 0.3 is 0 Å². The Hall–Kier alpha value is -3.61. The zero-order valence-corrected chi connectivity index (χ0v) is 16.9. The molecule has 4 rings (SSSR count). The smallest absolute Gasteiger partial charge is 0.227 e. The molecule has 30 heavy (non-hydrogen) atoms. The first kappa shape index (κ1) is 19.7. The number of imidazole rings is 1. The number of nitrogens with zero attached hydrogens (tertiary/aromatic N) is 3. The number of anilines is 2. The fourth-order valence-electron chi connectivity index (χ4n) is 2.98. The van der Waals surface area contributed by atoms with Crippen LogP contribution < -0.4 is 5.32 Å². The molecule has 0 saturated heterocycles. The minimum atomic E-state index is -0.349. The molecule has 2 aromatic carbocycles. The summed E-state index contributed by atoms with van der Waals surface area (Å²) < 4.78 is 26.9. The van der Waals surface area contributed by atoms with Gasteiger partial charge in [0.1, 0.15) is 17.5 Å². The van der Waals surface area contributed by atoms with E-state index in [1.807, 2.05) is 0 Å². The fourth-order valence-corrected chi connectivity index (χ4v) is 2.98. The molecule has 0 aliphatic heterocycles. The first-order chi connectivity index (χ1) is 14.3. The molecular formula is C23H21F2N5. The number of aromatic amines is 1. The molecule has 4 aromatic rings. The summed E-state index contributed by atoms with van der Waals surface area (Å²) in [6.45, 7) is 6.17. The maximum absolute atomic E-state index is 13.5. The van der Waals surface area contributed by atoms with Gasteiger partial charge in [0.05, 0.1) is 17.1 Å². The van der Waals surface area contributed by atoms with E-state index in [0.717, 1.165) is 11.4 Å². The van der Waals surface area contributed by atoms with Gasteiger partial charge in [-0.05, 0) is 48.5 Å². The van der Waals surface area contributed by atoms with E-state index in [1.54, 1.807) is 36.5 Å². The van der Waals surface area contributed by atoms with Crippen molar-refractivity contribution in [2.75, 3.05) is 5.32 Å². The van der Waals surface area contributed by atoms with E-state index in [4.69, 9.17) is 4.98 Å². The van der Waals surface area contributed by atoms with Gasteiger partial charge in [0.25, 0.3) is 0 Å². The van der Waals surface area contributed by atoms with Crippen LogP contribution in [0.3, 0.4) is 0 Å². The van der Waals surface area contributed by atoms with Crippen molar-refractivity contribution in [3.8, 4) is 22.6 Å². The lowest BCUT2D eigenvalue weighted by Crippen LogP contribution is -2.13. The third-order valence-corrected chi connectivity index (χ3v) is 4.52. The highest BCUT2D eigenvalue weighted by molar-refractivity contribution is 5.77. The van der Waals surface area contributed by atoms with Crippen LogP contribution in [0.4, 0.5) is 20.4 Å². The van der Waals surface area contributed by atoms with E-state index in [-0.39, 0.29) is 17.0 Å². The van der Waals surface area contributed by atoms with Crippen LogP contribution in [0.25, 0.3) is 22.6 Å². The molecule has 152 valence electrons. The topological polar surface area (TPSA) is 66.5 Å². The lowest BCUT2D eigenvalue weighted by Gasteiger charge is -2.14. The molecule has 2 heterocycles. The summed E-state index contributed by atoms with van der Waals surface area (Å²) in [6.07, 6.45) is 1.62. The first-order valence-electron chi connectivity index (χ1n) is 9.52. The van der Waals surface area contributed by atoms with Crippen LogP contribution in [0.5, 0.6) is 0 Å². The zero-order chi connectivity index (χ0) is 21.3. The van der Waals surface area contributed by atoms with Gasteiger partial charge < -0.3 is 10.3 Å². The highest BCUT2D eigenvalue weighted by Crippen LogP contribution is 2.33. The number of H-pyrrole nitrogens is 1. The van der Waals surface area contributed by atoms with Crippen LogP contribution in [-0.2, 0) is 5.41 Å². The van der Waals surface area contributed by atoms with E-state index in [0.29, 0.717) is 28.7 Å². The Kier molecular flexibility index (Phi) is 5.03. The Bertz CT molecular complexity index is 1180. The summed E-state index contributed by atoms with van der Waals surface area (Å²) in [4.78, 5) is 17.0. The average Bonchev–Trinajstić information content (AvgIpc) is 3.15. The molecule has 0 amide bonds. The third kappa shape index (κ3) is 4.20. The lowest BCUT2D eigenvalue weighted by molar-refractivity contribution is 0.553. The van der Waals surface area contributed by atoms with E-state index in [9.17, 15) is 8.78 Å². The summed E-state index contributed by atoms with van der Waals surface area (Å²) in [5.74, 6) is 0.457. The quantitative estimate of drug-likeness (QED) is 0.447. The van der Waals surface area contributed by atoms with Crippen molar-refractivity contribution in [1.82, 2.24) is 19.9 Å². The standard InChI is InChI=1S/C23H21F2N5/c1-23(2,3)21-29-19(14-7-9-15(24)10-8-14)20(30-21)18-11-12-26-22(28-18)27-17-6-4-5-16(25)13-17/h4-13H,1-3H3,(H,29,30)(H,26,27,28). The Morgan fingerprint density at radius 1 is 0.900 bits per heavy atom. The van der Waals surface area contributed by atoms with Gasteiger partial charge in [0.2, 0.25) is 5.95 Å². The van der Waals surface area contributed by atoms with E-state index >= 15 is 0 Å². The molecule has 0 aliphatic rings. The van der Waals surface area contributed by atoms with Crippen LogP contribution in [0.2, 0.25) is 0 Å². The molecule has 0 saturated carbocycles. The minimum absolute atomic E-state index is 0.220. The largest absolute Gasteiger partial charge is 0.340 e. The molecule has 7 heteroatoms. The Morgan fingerprint density at radius 2 is 1.67 bits per heavy atom. The van der Waals surface area contributed by atoms with Crippen molar-refractivity contribution < 1.29 is 8.78 Å². The molecule has 0 radical (unpaired) electrons. The number of aromatic nitrogens is 4. The van der Waals surface area contributed by atoms with Gasteiger partial charge in [0.15, 0.2) is 0 Å². The van der Waals surface area contributed by atoms with Crippen LogP contribution in [0.15, 0.2) is 60.8 Å². The predicted molar refractivity (Wildman–Crippen MR) is 113 cm³/mol.